The molecule has 27 heavy (non-hydrogen) atoms. The third kappa shape index (κ3) is 6.69. The molecule has 1 aromatic rings. The van der Waals surface area contributed by atoms with Crippen LogP contribution in [0.5, 0.6) is 0 Å². The van der Waals surface area contributed by atoms with Gasteiger partial charge in [-0.3, -0.25) is 4.99 Å². The minimum Gasteiger partial charge on any atom is -0.357 e. The van der Waals surface area contributed by atoms with Crippen LogP contribution in [0.25, 0.3) is 0 Å². The Labute approximate surface area is 185 Å². The van der Waals surface area contributed by atoms with Crippen molar-refractivity contribution in [3.05, 3.63) is 23.9 Å². The van der Waals surface area contributed by atoms with Crippen LogP contribution in [0.4, 0.5) is 5.82 Å². The van der Waals surface area contributed by atoms with Crippen LogP contribution >= 0.6 is 35.7 Å². The number of aliphatic imine (C=N–C) groups is 1. The highest BCUT2D eigenvalue weighted by atomic mass is 127. The Morgan fingerprint density at radius 1 is 1.26 bits per heavy atom. The lowest BCUT2D eigenvalue weighted by Crippen LogP contribution is -2.42. The third-order valence-corrected chi connectivity index (χ3v) is 6.75. The maximum atomic E-state index is 4.68. The Hall–Kier alpha value is -0.700. The van der Waals surface area contributed by atoms with E-state index in [4.69, 9.17) is 0 Å². The number of guanidine groups is 1. The number of aromatic nitrogens is 1. The Bertz CT molecular complexity index is 587. The minimum absolute atomic E-state index is 0. The largest absolute Gasteiger partial charge is 0.357 e. The molecule has 0 radical (unpaired) electrons. The first-order chi connectivity index (χ1) is 12.7. The minimum atomic E-state index is 0. The topological polar surface area (TPSA) is 52.6 Å². The number of thioether (sulfide) groups is 1. The van der Waals surface area contributed by atoms with Crippen molar-refractivity contribution < 1.29 is 0 Å². The van der Waals surface area contributed by atoms with Crippen molar-refractivity contribution >= 4 is 47.5 Å². The molecular weight excluding hydrogens is 469 g/mol. The number of halogens is 1. The second-order valence-corrected chi connectivity index (χ2v) is 8.77. The molecule has 1 aliphatic heterocycles. The molecule has 0 aromatic carbocycles. The SMILES string of the molecule is CN=C(NCc1ccc(N2CCC(C)CC2)nc1)NC1CCC(SC)C1.I. The standard InChI is InChI=1S/C20H33N5S.HI/c1-15-8-10-25(11-9-15)19-7-4-16(13-22-19)14-23-20(21-2)24-17-5-6-18(12-17)26-3;/h4,7,13,15,17-18H,5-6,8-12,14H2,1-3H3,(H2,21,23,24);1H. The van der Waals surface area contributed by atoms with Gasteiger partial charge in [-0.05, 0) is 55.9 Å². The summed E-state index contributed by atoms with van der Waals surface area (Å²) in [6.07, 6.45) is 10.5. The molecule has 3 rings (SSSR count). The van der Waals surface area contributed by atoms with Crippen molar-refractivity contribution in [3.63, 3.8) is 0 Å². The molecule has 0 spiro atoms. The molecule has 1 saturated carbocycles. The molecule has 2 N–H and O–H groups in total. The molecular formula is C20H34IN5S. The van der Waals surface area contributed by atoms with E-state index in [9.17, 15) is 0 Å². The number of nitrogens with one attached hydrogen (secondary N) is 2. The second kappa shape index (κ2) is 11.3. The fraction of sp³-hybridized carbons (Fsp3) is 0.700. The van der Waals surface area contributed by atoms with Gasteiger partial charge >= 0.3 is 0 Å². The van der Waals surface area contributed by atoms with E-state index >= 15 is 0 Å². The monoisotopic (exact) mass is 503 g/mol. The molecule has 152 valence electrons. The van der Waals surface area contributed by atoms with Gasteiger partial charge in [0.05, 0.1) is 0 Å². The van der Waals surface area contributed by atoms with Crippen molar-refractivity contribution in [2.45, 2.75) is 56.9 Å². The molecule has 1 saturated heterocycles. The van der Waals surface area contributed by atoms with Gasteiger partial charge in [-0.1, -0.05) is 13.0 Å². The fourth-order valence-corrected chi connectivity index (χ4v) is 4.60. The highest BCUT2D eigenvalue weighted by Gasteiger charge is 2.24. The van der Waals surface area contributed by atoms with Gasteiger partial charge in [-0.2, -0.15) is 11.8 Å². The maximum Gasteiger partial charge on any atom is 0.191 e. The van der Waals surface area contributed by atoms with Gasteiger partial charge in [0.25, 0.3) is 0 Å². The van der Waals surface area contributed by atoms with Crippen LogP contribution in [-0.4, -0.2) is 48.6 Å². The van der Waals surface area contributed by atoms with Gasteiger partial charge in [-0.25, -0.2) is 4.98 Å². The van der Waals surface area contributed by atoms with Gasteiger partial charge in [0.2, 0.25) is 0 Å². The van der Waals surface area contributed by atoms with Crippen LogP contribution in [-0.2, 0) is 6.54 Å². The van der Waals surface area contributed by atoms with E-state index in [0.717, 1.165) is 42.6 Å². The zero-order valence-corrected chi connectivity index (χ0v) is 19.9. The van der Waals surface area contributed by atoms with E-state index in [1.807, 2.05) is 25.0 Å². The van der Waals surface area contributed by atoms with Crippen molar-refractivity contribution in [2.75, 3.05) is 31.3 Å². The predicted octanol–water partition coefficient (Wildman–Crippen LogP) is 3.89. The van der Waals surface area contributed by atoms with E-state index in [0.29, 0.717) is 6.04 Å². The zero-order valence-electron chi connectivity index (χ0n) is 16.8. The first kappa shape index (κ1) is 22.6. The summed E-state index contributed by atoms with van der Waals surface area (Å²) in [5.41, 5.74) is 1.19. The van der Waals surface area contributed by atoms with E-state index in [1.165, 1.54) is 37.7 Å². The van der Waals surface area contributed by atoms with Crippen LogP contribution in [0.1, 0.15) is 44.6 Å². The molecule has 2 aliphatic rings. The number of hydrogen-bond donors (Lipinski definition) is 2. The average Bonchev–Trinajstić information content (AvgIpc) is 3.14. The van der Waals surface area contributed by atoms with Gasteiger partial charge in [0, 0.05) is 44.2 Å². The summed E-state index contributed by atoms with van der Waals surface area (Å²) in [6, 6.07) is 4.88. The Morgan fingerprint density at radius 3 is 2.63 bits per heavy atom. The van der Waals surface area contributed by atoms with Crippen LogP contribution < -0.4 is 15.5 Å². The molecule has 2 heterocycles. The van der Waals surface area contributed by atoms with E-state index in [-0.39, 0.29) is 24.0 Å². The van der Waals surface area contributed by atoms with E-state index < -0.39 is 0 Å². The Balaban J connectivity index is 0.00000261. The van der Waals surface area contributed by atoms with Crippen LogP contribution in [0, 0.1) is 5.92 Å². The number of nitrogens with zero attached hydrogens (tertiary/aromatic N) is 3. The third-order valence-electron chi connectivity index (χ3n) is 5.66. The molecule has 2 fully saturated rings. The first-order valence-electron chi connectivity index (χ1n) is 9.87. The van der Waals surface area contributed by atoms with E-state index in [2.05, 4.69) is 50.8 Å². The Kier molecular flexibility index (Phi) is 9.48. The summed E-state index contributed by atoms with van der Waals surface area (Å²) in [5.74, 6) is 2.85. The van der Waals surface area contributed by atoms with Crippen molar-refractivity contribution in [1.29, 1.82) is 0 Å². The molecule has 1 aromatic heterocycles. The summed E-state index contributed by atoms with van der Waals surface area (Å²) < 4.78 is 0. The van der Waals surface area contributed by atoms with Gasteiger partial charge in [-0.15, -0.1) is 24.0 Å². The van der Waals surface area contributed by atoms with Crippen molar-refractivity contribution in [2.24, 2.45) is 10.9 Å². The van der Waals surface area contributed by atoms with Crippen molar-refractivity contribution in [3.8, 4) is 0 Å². The maximum absolute atomic E-state index is 4.68. The molecule has 5 nitrogen and oxygen atoms in total. The highest BCUT2D eigenvalue weighted by Crippen LogP contribution is 2.28. The second-order valence-electron chi connectivity index (χ2n) is 7.63. The number of hydrogen-bond acceptors (Lipinski definition) is 4. The average molecular weight is 503 g/mol. The van der Waals surface area contributed by atoms with E-state index in [1.54, 1.807) is 0 Å². The summed E-state index contributed by atoms with van der Waals surface area (Å²) >= 11 is 1.98. The number of rotatable bonds is 5. The smallest absolute Gasteiger partial charge is 0.191 e. The normalized spacial score (nSPS) is 23.8. The quantitative estimate of drug-likeness (QED) is 0.363. The van der Waals surface area contributed by atoms with Gasteiger partial charge < -0.3 is 15.5 Å². The van der Waals surface area contributed by atoms with Crippen molar-refractivity contribution in [1.82, 2.24) is 15.6 Å². The van der Waals surface area contributed by atoms with Crippen LogP contribution in [0.15, 0.2) is 23.3 Å². The van der Waals surface area contributed by atoms with Crippen LogP contribution in [0.2, 0.25) is 0 Å². The molecule has 2 unspecified atom stereocenters. The fourth-order valence-electron chi connectivity index (χ4n) is 3.81. The number of pyridine rings is 1. The lowest BCUT2D eigenvalue weighted by atomic mass is 9.99. The number of piperidine rings is 1. The zero-order chi connectivity index (χ0) is 18.4. The molecule has 2 atom stereocenters. The van der Waals surface area contributed by atoms with Gasteiger partial charge in [0.15, 0.2) is 5.96 Å². The summed E-state index contributed by atoms with van der Waals surface area (Å²) in [7, 11) is 1.84. The number of anilines is 1. The molecule has 0 amide bonds. The van der Waals surface area contributed by atoms with Gasteiger partial charge in [0.1, 0.15) is 5.82 Å². The summed E-state index contributed by atoms with van der Waals surface area (Å²) in [6.45, 7) is 5.34. The highest BCUT2D eigenvalue weighted by molar-refractivity contribution is 14.0. The molecule has 0 bridgehead atoms. The lowest BCUT2D eigenvalue weighted by molar-refractivity contribution is 0.436. The first-order valence-corrected chi connectivity index (χ1v) is 11.2. The van der Waals surface area contributed by atoms with Crippen LogP contribution in [0.3, 0.4) is 0 Å². The molecule has 1 aliphatic carbocycles. The predicted molar refractivity (Wildman–Crippen MR) is 129 cm³/mol. The summed E-state index contributed by atoms with van der Waals surface area (Å²) in [4.78, 5) is 11.5. The molecule has 7 heteroatoms. The summed E-state index contributed by atoms with van der Waals surface area (Å²) in [5, 5.41) is 7.78. The Morgan fingerprint density at radius 2 is 2.04 bits per heavy atom. The lowest BCUT2D eigenvalue weighted by Gasteiger charge is -2.31.